The highest BCUT2D eigenvalue weighted by atomic mass is 32.2. The molecule has 10 heavy (non-hydrogen) atoms. The zero-order chi connectivity index (χ0) is 7.98. The lowest BCUT2D eigenvalue weighted by atomic mass is 10.2. The molecule has 2 atom stereocenters. The molecular weight excluding hydrogens is 156 g/mol. The van der Waals surface area contributed by atoms with Crippen molar-refractivity contribution in [3.8, 4) is 0 Å². The highest BCUT2D eigenvalue weighted by Gasteiger charge is 2.00. The summed E-state index contributed by atoms with van der Waals surface area (Å²) in [6.45, 7) is 1.96. The standard InChI is InChI=1S/C5H12O4S/c1-2-5(6)3-4-9-10(7)8/h5-6H,2-4H2,1H3,(H,7,8). The first-order chi connectivity index (χ1) is 4.66. The van der Waals surface area contributed by atoms with Crippen LogP contribution in [0.2, 0.25) is 0 Å². The van der Waals surface area contributed by atoms with Crippen LogP contribution < -0.4 is 0 Å². The van der Waals surface area contributed by atoms with Crippen LogP contribution in [0.1, 0.15) is 19.8 Å². The maximum Gasteiger partial charge on any atom is 0.301 e. The molecule has 0 saturated carbocycles. The Balaban J connectivity index is 3.11. The Morgan fingerprint density at radius 3 is 2.70 bits per heavy atom. The summed E-state index contributed by atoms with van der Waals surface area (Å²) in [5, 5.41) is 8.91. The molecule has 0 aromatic heterocycles. The zero-order valence-corrected chi connectivity index (χ0v) is 6.63. The largest absolute Gasteiger partial charge is 0.393 e. The highest BCUT2D eigenvalue weighted by Crippen LogP contribution is 1.96. The molecule has 0 aliphatic rings. The van der Waals surface area contributed by atoms with Gasteiger partial charge >= 0.3 is 11.4 Å². The summed E-state index contributed by atoms with van der Waals surface area (Å²) in [4.78, 5) is 0. The van der Waals surface area contributed by atoms with Crippen molar-refractivity contribution >= 4 is 11.4 Å². The fourth-order valence-electron chi connectivity index (χ4n) is 0.460. The van der Waals surface area contributed by atoms with E-state index in [1.165, 1.54) is 0 Å². The average Bonchev–Trinajstić information content (AvgIpc) is 1.87. The second kappa shape index (κ2) is 5.79. The lowest BCUT2D eigenvalue weighted by molar-refractivity contribution is 0.136. The SMILES string of the molecule is CCC(O)CCOS(=O)O. The first kappa shape index (κ1) is 10.0. The van der Waals surface area contributed by atoms with Crippen molar-refractivity contribution < 1.29 is 18.1 Å². The number of hydrogen-bond acceptors (Lipinski definition) is 3. The van der Waals surface area contributed by atoms with Crippen LogP contribution in [-0.4, -0.2) is 26.6 Å². The van der Waals surface area contributed by atoms with Crippen molar-refractivity contribution in [3.63, 3.8) is 0 Å². The Morgan fingerprint density at radius 2 is 2.30 bits per heavy atom. The van der Waals surface area contributed by atoms with Gasteiger partial charge in [0.1, 0.15) is 0 Å². The van der Waals surface area contributed by atoms with Gasteiger partial charge in [0, 0.05) is 0 Å². The van der Waals surface area contributed by atoms with Crippen LogP contribution >= 0.6 is 0 Å². The fourth-order valence-corrected chi connectivity index (χ4v) is 0.698. The molecule has 0 rings (SSSR count). The van der Waals surface area contributed by atoms with Crippen LogP contribution in [0.4, 0.5) is 0 Å². The Bertz CT molecular complexity index is 106. The lowest BCUT2D eigenvalue weighted by Gasteiger charge is -2.04. The van der Waals surface area contributed by atoms with Crippen molar-refractivity contribution in [1.29, 1.82) is 0 Å². The quantitative estimate of drug-likeness (QED) is 0.579. The van der Waals surface area contributed by atoms with Crippen LogP contribution in [0, 0.1) is 0 Å². The number of rotatable bonds is 5. The van der Waals surface area contributed by atoms with Crippen LogP contribution in [0.5, 0.6) is 0 Å². The highest BCUT2D eigenvalue weighted by molar-refractivity contribution is 7.74. The molecule has 0 heterocycles. The van der Waals surface area contributed by atoms with Gasteiger partial charge in [0.2, 0.25) is 0 Å². The van der Waals surface area contributed by atoms with Gasteiger partial charge in [-0.25, -0.2) is 0 Å². The van der Waals surface area contributed by atoms with E-state index in [1.54, 1.807) is 0 Å². The maximum atomic E-state index is 9.88. The van der Waals surface area contributed by atoms with Gasteiger partial charge in [-0.2, -0.15) is 4.21 Å². The summed E-state index contributed by atoms with van der Waals surface area (Å²) < 4.78 is 22.3. The van der Waals surface area contributed by atoms with E-state index in [4.69, 9.17) is 9.66 Å². The van der Waals surface area contributed by atoms with Gasteiger partial charge in [0.25, 0.3) is 0 Å². The molecule has 0 saturated heterocycles. The van der Waals surface area contributed by atoms with E-state index in [9.17, 15) is 4.21 Å². The third-order valence-electron chi connectivity index (χ3n) is 1.11. The monoisotopic (exact) mass is 168 g/mol. The van der Waals surface area contributed by atoms with E-state index < -0.39 is 17.5 Å². The second-order valence-electron chi connectivity index (χ2n) is 1.89. The molecule has 0 aromatic rings. The molecule has 4 nitrogen and oxygen atoms in total. The molecule has 0 aliphatic heterocycles. The van der Waals surface area contributed by atoms with E-state index in [0.29, 0.717) is 12.8 Å². The summed E-state index contributed by atoms with van der Waals surface area (Å²) in [7, 11) is 0. The molecule has 0 aromatic carbocycles. The first-order valence-electron chi connectivity index (χ1n) is 3.09. The summed E-state index contributed by atoms with van der Waals surface area (Å²) in [6.07, 6.45) is 0.619. The molecule has 0 aliphatic carbocycles. The van der Waals surface area contributed by atoms with Gasteiger partial charge in [-0.1, -0.05) is 6.92 Å². The predicted octanol–water partition coefficient (Wildman–Crippen LogP) is 0.301. The summed E-state index contributed by atoms with van der Waals surface area (Å²) in [5.74, 6) is 0. The van der Waals surface area contributed by atoms with E-state index in [2.05, 4.69) is 4.18 Å². The fraction of sp³-hybridized carbons (Fsp3) is 1.00. The Labute approximate surface area is 62.7 Å². The molecule has 0 bridgehead atoms. The molecule has 2 N–H and O–H groups in total. The van der Waals surface area contributed by atoms with Gasteiger partial charge in [0.05, 0.1) is 12.7 Å². The van der Waals surface area contributed by atoms with E-state index in [0.717, 1.165) is 0 Å². The zero-order valence-electron chi connectivity index (χ0n) is 5.82. The first-order valence-corrected chi connectivity index (χ1v) is 4.12. The molecule has 62 valence electrons. The van der Waals surface area contributed by atoms with Crippen molar-refractivity contribution in [2.75, 3.05) is 6.61 Å². The van der Waals surface area contributed by atoms with Crippen molar-refractivity contribution in [2.24, 2.45) is 0 Å². The van der Waals surface area contributed by atoms with Crippen LogP contribution in [-0.2, 0) is 15.5 Å². The molecule has 0 amide bonds. The van der Waals surface area contributed by atoms with Crippen molar-refractivity contribution in [2.45, 2.75) is 25.9 Å². The normalized spacial score (nSPS) is 16.7. The molecule has 5 heteroatoms. The Kier molecular flexibility index (Phi) is 5.81. The third-order valence-corrected chi connectivity index (χ3v) is 1.47. The van der Waals surface area contributed by atoms with Gasteiger partial charge in [-0.05, 0) is 12.8 Å². The third kappa shape index (κ3) is 6.15. The number of hydrogen-bond donors (Lipinski definition) is 2. The molecule has 0 spiro atoms. The minimum Gasteiger partial charge on any atom is -0.393 e. The maximum absolute atomic E-state index is 9.88. The van der Waals surface area contributed by atoms with Gasteiger partial charge in [-0.3, -0.25) is 8.74 Å². The van der Waals surface area contributed by atoms with E-state index in [-0.39, 0.29) is 6.61 Å². The van der Waals surface area contributed by atoms with Gasteiger partial charge in [-0.15, -0.1) is 0 Å². The summed E-state index contributed by atoms with van der Waals surface area (Å²) in [6, 6.07) is 0. The average molecular weight is 168 g/mol. The van der Waals surface area contributed by atoms with Crippen LogP contribution in [0.25, 0.3) is 0 Å². The molecular formula is C5H12O4S. The van der Waals surface area contributed by atoms with Crippen LogP contribution in [0.15, 0.2) is 0 Å². The predicted molar refractivity (Wildman–Crippen MR) is 37.6 cm³/mol. The lowest BCUT2D eigenvalue weighted by Crippen LogP contribution is -2.09. The molecule has 2 unspecified atom stereocenters. The van der Waals surface area contributed by atoms with Crippen molar-refractivity contribution in [3.05, 3.63) is 0 Å². The number of aliphatic hydroxyl groups is 1. The summed E-state index contributed by atoms with van der Waals surface area (Å²) >= 11 is -2.20. The summed E-state index contributed by atoms with van der Waals surface area (Å²) in [5.41, 5.74) is 0. The van der Waals surface area contributed by atoms with E-state index >= 15 is 0 Å². The smallest absolute Gasteiger partial charge is 0.301 e. The second-order valence-corrected chi connectivity index (χ2v) is 2.56. The Hall–Kier alpha value is 0.0300. The minimum atomic E-state index is -2.20. The van der Waals surface area contributed by atoms with Gasteiger partial charge < -0.3 is 5.11 Å². The topological polar surface area (TPSA) is 66.8 Å². The molecule has 0 radical (unpaired) electrons. The minimum absolute atomic E-state index is 0.123. The molecule has 0 fully saturated rings. The van der Waals surface area contributed by atoms with Crippen LogP contribution in [0.3, 0.4) is 0 Å². The van der Waals surface area contributed by atoms with Crippen molar-refractivity contribution in [1.82, 2.24) is 0 Å². The Morgan fingerprint density at radius 1 is 1.70 bits per heavy atom. The van der Waals surface area contributed by atoms with E-state index in [1.807, 2.05) is 6.92 Å². The number of aliphatic hydroxyl groups excluding tert-OH is 1. The van der Waals surface area contributed by atoms with Gasteiger partial charge in [0.15, 0.2) is 0 Å².